The highest BCUT2D eigenvalue weighted by Crippen LogP contribution is 2.29. The first kappa shape index (κ1) is 13.5. The second-order valence-corrected chi connectivity index (χ2v) is 6.25. The van der Waals surface area contributed by atoms with Crippen LogP contribution in [0, 0.1) is 0 Å². The summed E-state index contributed by atoms with van der Waals surface area (Å²) >= 11 is 7.01. The molecule has 17 heavy (non-hydrogen) atoms. The van der Waals surface area contributed by atoms with Gasteiger partial charge in [0.05, 0.1) is 6.10 Å². The van der Waals surface area contributed by atoms with Crippen molar-refractivity contribution in [2.45, 2.75) is 37.8 Å². The number of halogens is 2. The average molecular weight is 363 g/mol. The minimum atomic E-state index is 0.0849. The SMILES string of the molecule is NC(CCC1CCCO1)c1ccc(Br)cc1Br. The second kappa shape index (κ2) is 6.32. The molecule has 2 atom stereocenters. The summed E-state index contributed by atoms with van der Waals surface area (Å²) in [6.45, 7) is 0.919. The molecule has 2 unspecified atom stereocenters. The van der Waals surface area contributed by atoms with Crippen LogP contribution in [0.2, 0.25) is 0 Å². The van der Waals surface area contributed by atoms with Gasteiger partial charge in [-0.1, -0.05) is 37.9 Å². The fourth-order valence-corrected chi connectivity index (χ4v) is 3.54. The second-order valence-electron chi connectivity index (χ2n) is 4.48. The summed E-state index contributed by atoms with van der Waals surface area (Å²) in [5, 5.41) is 0. The monoisotopic (exact) mass is 361 g/mol. The summed E-state index contributed by atoms with van der Waals surface area (Å²) in [6, 6.07) is 6.24. The lowest BCUT2D eigenvalue weighted by atomic mass is 10.0. The van der Waals surface area contributed by atoms with E-state index in [2.05, 4.69) is 37.9 Å². The number of hydrogen-bond donors (Lipinski definition) is 1. The number of benzene rings is 1. The van der Waals surface area contributed by atoms with Crippen molar-refractivity contribution < 1.29 is 4.74 Å². The summed E-state index contributed by atoms with van der Waals surface area (Å²) < 4.78 is 7.76. The average Bonchev–Trinajstić information content (AvgIpc) is 2.78. The van der Waals surface area contributed by atoms with Crippen LogP contribution in [0.3, 0.4) is 0 Å². The van der Waals surface area contributed by atoms with Crippen LogP contribution in [0.25, 0.3) is 0 Å². The zero-order valence-electron chi connectivity index (χ0n) is 9.66. The smallest absolute Gasteiger partial charge is 0.0576 e. The Bertz CT molecular complexity index is 378. The van der Waals surface area contributed by atoms with Gasteiger partial charge in [0.15, 0.2) is 0 Å². The summed E-state index contributed by atoms with van der Waals surface area (Å²) in [6.07, 6.45) is 4.85. The van der Waals surface area contributed by atoms with Gasteiger partial charge in [-0.2, -0.15) is 0 Å². The van der Waals surface area contributed by atoms with E-state index in [1.807, 2.05) is 12.1 Å². The van der Waals surface area contributed by atoms with Crippen molar-refractivity contribution in [3.8, 4) is 0 Å². The van der Waals surface area contributed by atoms with E-state index < -0.39 is 0 Å². The molecule has 2 rings (SSSR count). The predicted octanol–water partition coefficient (Wildman–Crippen LogP) is 4.17. The van der Waals surface area contributed by atoms with Crippen molar-refractivity contribution >= 4 is 31.9 Å². The maximum atomic E-state index is 6.22. The highest BCUT2D eigenvalue weighted by Gasteiger charge is 2.18. The van der Waals surface area contributed by atoms with Crippen molar-refractivity contribution in [2.24, 2.45) is 5.73 Å². The minimum absolute atomic E-state index is 0.0849. The van der Waals surface area contributed by atoms with Crippen molar-refractivity contribution in [2.75, 3.05) is 6.61 Å². The number of ether oxygens (including phenoxy) is 1. The Morgan fingerprint density at radius 2 is 2.24 bits per heavy atom. The van der Waals surface area contributed by atoms with Crippen LogP contribution in [0.1, 0.15) is 37.3 Å². The standard InChI is InChI=1S/C13H17Br2NO/c14-9-3-5-11(12(15)8-9)13(16)6-4-10-2-1-7-17-10/h3,5,8,10,13H,1-2,4,6-7,16H2. The van der Waals surface area contributed by atoms with Gasteiger partial charge in [0, 0.05) is 21.6 Å². The minimum Gasteiger partial charge on any atom is -0.378 e. The number of nitrogens with two attached hydrogens (primary N) is 1. The van der Waals surface area contributed by atoms with Crippen molar-refractivity contribution in [1.29, 1.82) is 0 Å². The van der Waals surface area contributed by atoms with Crippen LogP contribution in [-0.4, -0.2) is 12.7 Å². The molecule has 0 aromatic heterocycles. The van der Waals surface area contributed by atoms with Crippen molar-refractivity contribution in [1.82, 2.24) is 0 Å². The molecule has 0 radical (unpaired) electrons. The molecule has 0 bridgehead atoms. The fraction of sp³-hybridized carbons (Fsp3) is 0.538. The normalized spacial score (nSPS) is 21.7. The maximum absolute atomic E-state index is 6.22. The van der Waals surface area contributed by atoms with Crippen molar-refractivity contribution in [3.05, 3.63) is 32.7 Å². The molecule has 1 aromatic carbocycles. The van der Waals surface area contributed by atoms with E-state index in [-0.39, 0.29) is 6.04 Å². The van der Waals surface area contributed by atoms with E-state index in [9.17, 15) is 0 Å². The summed E-state index contributed by atoms with van der Waals surface area (Å²) in [4.78, 5) is 0. The Morgan fingerprint density at radius 1 is 1.41 bits per heavy atom. The summed E-state index contributed by atoms with van der Waals surface area (Å²) in [5.74, 6) is 0. The van der Waals surface area contributed by atoms with Crippen LogP contribution < -0.4 is 5.73 Å². The Kier molecular flexibility index (Phi) is 5.03. The van der Waals surface area contributed by atoms with E-state index in [0.717, 1.165) is 28.4 Å². The molecule has 2 N–H and O–H groups in total. The topological polar surface area (TPSA) is 35.2 Å². The Labute approximate surface area is 119 Å². The van der Waals surface area contributed by atoms with Crippen LogP contribution in [0.5, 0.6) is 0 Å². The van der Waals surface area contributed by atoms with E-state index in [1.54, 1.807) is 0 Å². The van der Waals surface area contributed by atoms with E-state index in [0.29, 0.717) is 6.10 Å². The first-order chi connectivity index (χ1) is 8.16. The van der Waals surface area contributed by atoms with Crippen LogP contribution in [0.15, 0.2) is 27.1 Å². The molecular formula is C13H17Br2NO. The van der Waals surface area contributed by atoms with Crippen LogP contribution >= 0.6 is 31.9 Å². The highest BCUT2D eigenvalue weighted by molar-refractivity contribution is 9.11. The quantitative estimate of drug-likeness (QED) is 0.872. The summed E-state index contributed by atoms with van der Waals surface area (Å²) in [5.41, 5.74) is 7.40. The molecule has 1 aliphatic rings. The van der Waals surface area contributed by atoms with Crippen LogP contribution in [-0.2, 0) is 4.74 Å². The Balaban J connectivity index is 1.91. The molecule has 1 fully saturated rings. The number of rotatable bonds is 4. The van der Waals surface area contributed by atoms with Gasteiger partial charge in [0.2, 0.25) is 0 Å². The molecular weight excluding hydrogens is 346 g/mol. The van der Waals surface area contributed by atoms with Gasteiger partial charge in [0.1, 0.15) is 0 Å². The number of hydrogen-bond acceptors (Lipinski definition) is 2. The lowest BCUT2D eigenvalue weighted by Crippen LogP contribution is -2.14. The molecule has 2 nitrogen and oxygen atoms in total. The molecule has 94 valence electrons. The third-order valence-electron chi connectivity index (χ3n) is 3.19. The fourth-order valence-electron chi connectivity index (χ4n) is 2.20. The zero-order chi connectivity index (χ0) is 12.3. The first-order valence-electron chi connectivity index (χ1n) is 5.99. The molecule has 0 aliphatic carbocycles. The lowest BCUT2D eigenvalue weighted by Gasteiger charge is -2.16. The van der Waals surface area contributed by atoms with Gasteiger partial charge in [0.25, 0.3) is 0 Å². The molecule has 4 heteroatoms. The van der Waals surface area contributed by atoms with Gasteiger partial charge >= 0.3 is 0 Å². The molecule has 1 saturated heterocycles. The van der Waals surface area contributed by atoms with Gasteiger partial charge in [-0.15, -0.1) is 0 Å². The van der Waals surface area contributed by atoms with Gasteiger partial charge < -0.3 is 10.5 Å². The summed E-state index contributed by atoms with van der Waals surface area (Å²) in [7, 11) is 0. The molecule has 1 aliphatic heterocycles. The maximum Gasteiger partial charge on any atom is 0.0576 e. The van der Waals surface area contributed by atoms with Crippen LogP contribution in [0.4, 0.5) is 0 Å². The van der Waals surface area contributed by atoms with Gasteiger partial charge in [-0.05, 0) is 43.4 Å². The molecule has 1 aromatic rings. The third kappa shape index (κ3) is 3.78. The predicted molar refractivity (Wildman–Crippen MR) is 77.0 cm³/mol. The zero-order valence-corrected chi connectivity index (χ0v) is 12.8. The highest BCUT2D eigenvalue weighted by atomic mass is 79.9. The molecule has 0 spiro atoms. The van der Waals surface area contributed by atoms with Gasteiger partial charge in [-0.25, -0.2) is 0 Å². The van der Waals surface area contributed by atoms with Crippen molar-refractivity contribution in [3.63, 3.8) is 0 Å². The van der Waals surface area contributed by atoms with Gasteiger partial charge in [-0.3, -0.25) is 0 Å². The third-order valence-corrected chi connectivity index (χ3v) is 4.37. The molecule has 1 heterocycles. The Hall–Kier alpha value is 0.1000. The van der Waals surface area contributed by atoms with E-state index in [4.69, 9.17) is 10.5 Å². The van der Waals surface area contributed by atoms with E-state index in [1.165, 1.54) is 18.4 Å². The molecule has 0 saturated carbocycles. The largest absolute Gasteiger partial charge is 0.378 e. The molecule has 0 amide bonds. The van der Waals surface area contributed by atoms with E-state index >= 15 is 0 Å². The first-order valence-corrected chi connectivity index (χ1v) is 7.57. The lowest BCUT2D eigenvalue weighted by molar-refractivity contribution is 0.101. The Morgan fingerprint density at radius 3 is 2.88 bits per heavy atom.